The molecule has 2 saturated heterocycles. The molecule has 0 amide bonds. The molecule has 2 aliphatic heterocycles. The molecule has 2 N–H and O–H groups in total. The molecule has 0 aromatic heterocycles. The molecule has 0 aliphatic carbocycles. The molecule has 2 fully saturated rings. The van der Waals surface area contributed by atoms with Crippen LogP contribution in [0.3, 0.4) is 0 Å². The zero-order valence-corrected chi connectivity index (χ0v) is 15.8. The number of nitrogens with zero attached hydrogens (tertiary/aromatic N) is 1. The number of fused-ring (bicyclic) bond motifs is 2. The van der Waals surface area contributed by atoms with Crippen molar-refractivity contribution >= 4 is 29.9 Å². The van der Waals surface area contributed by atoms with E-state index in [1.54, 1.807) is 6.07 Å². The van der Waals surface area contributed by atoms with E-state index in [1.165, 1.54) is 12.5 Å². The first-order valence-corrected chi connectivity index (χ1v) is 8.20. The van der Waals surface area contributed by atoms with Crippen LogP contribution in [-0.4, -0.2) is 37.3 Å². The Morgan fingerprint density at radius 1 is 1.35 bits per heavy atom. The Hall–Kier alpha value is -0.890. The molecule has 23 heavy (non-hydrogen) atoms. The van der Waals surface area contributed by atoms with Crippen LogP contribution in [0, 0.1) is 5.82 Å². The smallest absolute Gasteiger partial charge is 0.191 e. The monoisotopic (exact) mass is 433 g/mol. The van der Waals surface area contributed by atoms with Crippen LogP contribution in [0.25, 0.3) is 0 Å². The van der Waals surface area contributed by atoms with Gasteiger partial charge in [-0.05, 0) is 44.2 Å². The van der Waals surface area contributed by atoms with Gasteiger partial charge in [-0.3, -0.25) is 4.99 Å². The van der Waals surface area contributed by atoms with Gasteiger partial charge in [-0.25, -0.2) is 4.39 Å². The van der Waals surface area contributed by atoms with Crippen molar-refractivity contribution in [2.45, 2.75) is 50.9 Å². The fraction of sp³-hybridized carbons (Fsp3) is 0.588. The summed E-state index contributed by atoms with van der Waals surface area (Å²) >= 11 is 0. The average Bonchev–Trinajstić information content (AvgIpc) is 3.12. The van der Waals surface area contributed by atoms with Crippen molar-refractivity contribution in [2.75, 3.05) is 13.1 Å². The minimum Gasteiger partial charge on any atom is -0.373 e. The van der Waals surface area contributed by atoms with Crippen molar-refractivity contribution in [2.24, 2.45) is 4.99 Å². The van der Waals surface area contributed by atoms with Gasteiger partial charge in [0.25, 0.3) is 0 Å². The van der Waals surface area contributed by atoms with Crippen LogP contribution in [-0.2, 0) is 11.2 Å². The van der Waals surface area contributed by atoms with Crippen LogP contribution in [0.1, 0.15) is 31.7 Å². The molecule has 0 radical (unpaired) electrons. The third-order valence-electron chi connectivity index (χ3n) is 4.38. The zero-order chi connectivity index (χ0) is 15.4. The molecular formula is C17H25FIN3O. The second-order valence-corrected chi connectivity index (χ2v) is 5.96. The average molecular weight is 433 g/mol. The van der Waals surface area contributed by atoms with Gasteiger partial charge in [0.2, 0.25) is 0 Å². The quantitative estimate of drug-likeness (QED) is 0.427. The van der Waals surface area contributed by atoms with Gasteiger partial charge in [-0.15, -0.1) is 24.0 Å². The zero-order valence-electron chi connectivity index (χ0n) is 13.4. The second kappa shape index (κ2) is 8.82. The van der Waals surface area contributed by atoms with Crippen molar-refractivity contribution in [1.29, 1.82) is 0 Å². The molecule has 128 valence electrons. The number of halogens is 2. The topological polar surface area (TPSA) is 45.7 Å². The molecule has 1 aromatic rings. The molecule has 3 unspecified atom stereocenters. The van der Waals surface area contributed by atoms with Crippen molar-refractivity contribution in [3.63, 3.8) is 0 Å². The van der Waals surface area contributed by atoms with Crippen molar-refractivity contribution in [3.8, 4) is 0 Å². The highest BCUT2D eigenvalue weighted by atomic mass is 127. The summed E-state index contributed by atoms with van der Waals surface area (Å²) in [6.07, 6.45) is 4.73. The molecule has 2 aliphatic rings. The minimum atomic E-state index is -0.155. The first-order chi connectivity index (χ1) is 10.8. The largest absolute Gasteiger partial charge is 0.373 e. The molecule has 2 heterocycles. The van der Waals surface area contributed by atoms with Crippen molar-refractivity contribution in [3.05, 3.63) is 35.6 Å². The van der Waals surface area contributed by atoms with Crippen LogP contribution < -0.4 is 10.6 Å². The summed E-state index contributed by atoms with van der Waals surface area (Å²) in [7, 11) is 0. The molecule has 1 aromatic carbocycles. The van der Waals surface area contributed by atoms with E-state index in [1.807, 2.05) is 19.1 Å². The lowest BCUT2D eigenvalue weighted by Gasteiger charge is -2.22. The second-order valence-electron chi connectivity index (χ2n) is 5.96. The van der Waals surface area contributed by atoms with E-state index >= 15 is 0 Å². The SMILES string of the molecule is CCNC(=NCCc1ccccc1F)NC1CC2CCC1O2.I. The number of ether oxygens (including phenoxy) is 1. The Bertz CT molecular complexity index is 540. The fourth-order valence-electron chi connectivity index (χ4n) is 3.27. The molecule has 3 atom stereocenters. The van der Waals surface area contributed by atoms with Gasteiger partial charge in [-0.1, -0.05) is 18.2 Å². The maximum Gasteiger partial charge on any atom is 0.191 e. The van der Waals surface area contributed by atoms with E-state index in [-0.39, 0.29) is 29.8 Å². The third kappa shape index (κ3) is 4.79. The lowest BCUT2D eigenvalue weighted by atomic mass is 9.96. The highest BCUT2D eigenvalue weighted by Crippen LogP contribution is 2.34. The van der Waals surface area contributed by atoms with Gasteiger partial charge in [0.15, 0.2) is 5.96 Å². The Balaban J connectivity index is 0.00000192. The lowest BCUT2D eigenvalue weighted by Crippen LogP contribution is -2.47. The number of guanidine groups is 1. The number of rotatable bonds is 5. The maximum atomic E-state index is 13.6. The standard InChI is InChI=1S/C17H24FN3O.HI/c1-2-19-17(21-15-11-13-7-8-16(15)22-13)20-10-9-12-5-3-4-6-14(12)18;/h3-6,13,15-16H,2,7-11H2,1H3,(H2,19,20,21);1H. The summed E-state index contributed by atoms with van der Waals surface area (Å²) in [6.45, 7) is 3.43. The van der Waals surface area contributed by atoms with Crippen LogP contribution in [0.4, 0.5) is 4.39 Å². The first kappa shape index (κ1) is 18.4. The molecule has 0 spiro atoms. The van der Waals surface area contributed by atoms with Crippen LogP contribution in [0.15, 0.2) is 29.3 Å². The molecular weight excluding hydrogens is 408 g/mol. The van der Waals surface area contributed by atoms with Crippen molar-refractivity contribution in [1.82, 2.24) is 10.6 Å². The number of hydrogen-bond acceptors (Lipinski definition) is 2. The molecule has 4 nitrogen and oxygen atoms in total. The summed E-state index contributed by atoms with van der Waals surface area (Å²) in [5, 5.41) is 6.73. The summed E-state index contributed by atoms with van der Waals surface area (Å²) in [5.41, 5.74) is 0.713. The summed E-state index contributed by atoms with van der Waals surface area (Å²) < 4.78 is 19.5. The Morgan fingerprint density at radius 2 is 2.17 bits per heavy atom. The van der Waals surface area contributed by atoms with E-state index in [0.29, 0.717) is 36.8 Å². The summed E-state index contributed by atoms with van der Waals surface area (Å²) in [4.78, 5) is 4.57. The van der Waals surface area contributed by atoms with Crippen LogP contribution in [0.2, 0.25) is 0 Å². The third-order valence-corrected chi connectivity index (χ3v) is 4.38. The van der Waals surface area contributed by atoms with Gasteiger partial charge in [0.1, 0.15) is 5.82 Å². The van der Waals surface area contributed by atoms with Gasteiger partial charge in [-0.2, -0.15) is 0 Å². The van der Waals surface area contributed by atoms with E-state index < -0.39 is 0 Å². The fourth-order valence-corrected chi connectivity index (χ4v) is 3.27. The lowest BCUT2D eigenvalue weighted by molar-refractivity contribution is 0.0992. The van der Waals surface area contributed by atoms with Gasteiger partial charge in [0.05, 0.1) is 18.2 Å². The van der Waals surface area contributed by atoms with Crippen LogP contribution in [0.5, 0.6) is 0 Å². The molecule has 6 heteroatoms. The minimum absolute atomic E-state index is 0. The number of nitrogens with one attached hydrogen (secondary N) is 2. The number of benzene rings is 1. The van der Waals surface area contributed by atoms with E-state index in [9.17, 15) is 4.39 Å². The maximum absolute atomic E-state index is 13.6. The van der Waals surface area contributed by atoms with E-state index in [4.69, 9.17) is 4.74 Å². The summed E-state index contributed by atoms with van der Waals surface area (Å²) in [6, 6.07) is 7.23. The van der Waals surface area contributed by atoms with E-state index in [0.717, 1.165) is 25.3 Å². The predicted octanol–water partition coefficient (Wildman–Crippen LogP) is 2.86. The highest BCUT2D eigenvalue weighted by molar-refractivity contribution is 14.0. The summed E-state index contributed by atoms with van der Waals surface area (Å²) in [5.74, 6) is 0.650. The Kier molecular flexibility index (Phi) is 7.08. The van der Waals surface area contributed by atoms with Gasteiger partial charge >= 0.3 is 0 Å². The number of hydrogen-bond donors (Lipinski definition) is 2. The highest BCUT2D eigenvalue weighted by Gasteiger charge is 2.41. The molecule has 0 saturated carbocycles. The Labute approximate surface area is 154 Å². The van der Waals surface area contributed by atoms with E-state index in [2.05, 4.69) is 15.6 Å². The molecule has 3 rings (SSSR count). The van der Waals surface area contributed by atoms with Crippen LogP contribution >= 0.6 is 24.0 Å². The normalized spacial score (nSPS) is 26.0. The van der Waals surface area contributed by atoms with Gasteiger partial charge in [0, 0.05) is 13.1 Å². The predicted molar refractivity (Wildman–Crippen MR) is 101 cm³/mol. The Morgan fingerprint density at radius 3 is 2.83 bits per heavy atom. The van der Waals surface area contributed by atoms with Gasteiger partial charge < -0.3 is 15.4 Å². The first-order valence-electron chi connectivity index (χ1n) is 8.20. The molecule has 2 bridgehead atoms. The van der Waals surface area contributed by atoms with Crippen molar-refractivity contribution < 1.29 is 9.13 Å². The number of aliphatic imine (C=N–C) groups is 1.